The van der Waals surface area contributed by atoms with E-state index in [1.54, 1.807) is 0 Å². The zero-order chi connectivity index (χ0) is 16.4. The highest BCUT2D eigenvalue weighted by Gasteiger charge is 2.27. The van der Waals surface area contributed by atoms with Gasteiger partial charge in [0.25, 0.3) is 5.56 Å². The van der Waals surface area contributed by atoms with Gasteiger partial charge in [-0.1, -0.05) is 19.1 Å². The molecule has 23 heavy (non-hydrogen) atoms. The predicted octanol–water partition coefficient (Wildman–Crippen LogP) is 2.16. The van der Waals surface area contributed by atoms with Crippen molar-refractivity contribution < 1.29 is 0 Å². The molecule has 2 aromatic rings. The number of piperazine rings is 1. The predicted molar refractivity (Wildman–Crippen MR) is 93.7 cm³/mol. The molecule has 1 aliphatic rings. The number of rotatable bonds is 4. The largest absolute Gasteiger partial charge is 0.312 e. The van der Waals surface area contributed by atoms with Crippen molar-refractivity contribution >= 4 is 10.9 Å². The Morgan fingerprint density at radius 3 is 2.83 bits per heavy atom. The molecule has 0 saturated carbocycles. The molecule has 0 aliphatic carbocycles. The molecule has 0 bridgehead atoms. The molecular formula is C18H26N4O. The zero-order valence-corrected chi connectivity index (χ0v) is 14.2. The molecule has 1 fully saturated rings. The van der Waals surface area contributed by atoms with Gasteiger partial charge in [0, 0.05) is 32.2 Å². The van der Waals surface area contributed by atoms with Gasteiger partial charge >= 0.3 is 0 Å². The Hall–Kier alpha value is -1.72. The van der Waals surface area contributed by atoms with Crippen LogP contribution in [0.15, 0.2) is 29.1 Å². The first kappa shape index (κ1) is 16.1. The van der Waals surface area contributed by atoms with Crippen molar-refractivity contribution in [3.8, 4) is 0 Å². The molecule has 5 heteroatoms. The number of nitrogens with one attached hydrogen (secondary N) is 1. The smallest absolute Gasteiger partial charge is 0.261 e. The summed E-state index contributed by atoms with van der Waals surface area (Å²) in [6.45, 7) is 10.0. The zero-order valence-electron chi connectivity index (χ0n) is 14.2. The number of fused-ring (bicyclic) bond motifs is 1. The van der Waals surface area contributed by atoms with Gasteiger partial charge in [-0.3, -0.25) is 14.3 Å². The van der Waals surface area contributed by atoms with E-state index in [1.165, 1.54) is 0 Å². The van der Waals surface area contributed by atoms with Crippen LogP contribution in [0.25, 0.3) is 10.9 Å². The van der Waals surface area contributed by atoms with Gasteiger partial charge in [0.1, 0.15) is 5.82 Å². The third-order valence-electron chi connectivity index (χ3n) is 4.73. The maximum atomic E-state index is 12.8. The van der Waals surface area contributed by atoms with E-state index in [-0.39, 0.29) is 11.6 Å². The highest BCUT2D eigenvalue weighted by Crippen LogP contribution is 2.24. The third-order valence-corrected chi connectivity index (χ3v) is 4.73. The van der Waals surface area contributed by atoms with Crippen LogP contribution in [-0.2, 0) is 6.54 Å². The molecule has 5 nitrogen and oxygen atoms in total. The van der Waals surface area contributed by atoms with E-state index >= 15 is 0 Å². The molecule has 1 saturated heterocycles. The van der Waals surface area contributed by atoms with Gasteiger partial charge in [0.05, 0.1) is 16.9 Å². The Balaban J connectivity index is 2.10. The Morgan fingerprint density at radius 1 is 1.35 bits per heavy atom. The Kier molecular flexibility index (Phi) is 4.78. The number of hydrogen-bond donors (Lipinski definition) is 1. The summed E-state index contributed by atoms with van der Waals surface area (Å²) >= 11 is 0. The first-order valence-electron chi connectivity index (χ1n) is 8.62. The summed E-state index contributed by atoms with van der Waals surface area (Å²) in [7, 11) is 0. The molecule has 0 amide bonds. The topological polar surface area (TPSA) is 50.2 Å². The Labute approximate surface area is 137 Å². The summed E-state index contributed by atoms with van der Waals surface area (Å²) in [5, 5.41) is 4.19. The molecule has 2 unspecified atom stereocenters. The lowest BCUT2D eigenvalue weighted by molar-refractivity contribution is 0.136. The van der Waals surface area contributed by atoms with E-state index < -0.39 is 0 Å². The number of para-hydroxylation sites is 1. The van der Waals surface area contributed by atoms with Crippen LogP contribution in [0.4, 0.5) is 0 Å². The number of benzene rings is 1. The second-order valence-electron chi connectivity index (χ2n) is 6.31. The van der Waals surface area contributed by atoms with Crippen LogP contribution in [0.2, 0.25) is 0 Å². The molecule has 2 heterocycles. The van der Waals surface area contributed by atoms with E-state index in [1.807, 2.05) is 35.8 Å². The van der Waals surface area contributed by atoms with Crippen LogP contribution in [0, 0.1) is 0 Å². The van der Waals surface area contributed by atoms with Crippen molar-refractivity contribution in [1.29, 1.82) is 0 Å². The molecule has 3 rings (SSSR count). The molecule has 1 aromatic carbocycles. The van der Waals surface area contributed by atoms with E-state index in [2.05, 4.69) is 24.1 Å². The number of nitrogens with zero attached hydrogens (tertiary/aromatic N) is 3. The van der Waals surface area contributed by atoms with E-state index in [4.69, 9.17) is 4.98 Å². The summed E-state index contributed by atoms with van der Waals surface area (Å²) in [6.07, 6.45) is 0.956. The summed E-state index contributed by atoms with van der Waals surface area (Å²) < 4.78 is 1.85. The van der Waals surface area contributed by atoms with Crippen LogP contribution >= 0.6 is 0 Å². The quantitative estimate of drug-likeness (QED) is 0.939. The lowest BCUT2D eigenvalue weighted by atomic mass is 10.1. The van der Waals surface area contributed by atoms with Gasteiger partial charge in [0.2, 0.25) is 0 Å². The molecule has 0 radical (unpaired) electrons. The second-order valence-corrected chi connectivity index (χ2v) is 6.31. The normalized spacial score (nSPS) is 20.7. The standard InChI is InChI=1S/C18H26N4O/c1-4-16(21-11-10-19-13(3)12-21)17-20-15-9-7-6-8-14(15)18(23)22(17)5-2/h6-9,13,16,19H,4-5,10-12H2,1-3H3. The van der Waals surface area contributed by atoms with Crippen LogP contribution in [0.1, 0.15) is 39.1 Å². The van der Waals surface area contributed by atoms with Gasteiger partial charge in [-0.25, -0.2) is 4.98 Å². The number of aromatic nitrogens is 2. The fraction of sp³-hybridized carbons (Fsp3) is 0.556. The average molecular weight is 314 g/mol. The van der Waals surface area contributed by atoms with Crippen molar-refractivity contribution in [3.63, 3.8) is 0 Å². The summed E-state index contributed by atoms with van der Waals surface area (Å²) in [6, 6.07) is 8.32. The molecular weight excluding hydrogens is 288 g/mol. The maximum absolute atomic E-state index is 12.8. The molecule has 2 atom stereocenters. The molecule has 0 spiro atoms. The first-order chi connectivity index (χ1) is 11.2. The SMILES string of the molecule is CCC(c1nc2ccccc2c(=O)n1CC)N1CCNC(C)C1. The first-order valence-corrected chi connectivity index (χ1v) is 8.62. The van der Waals surface area contributed by atoms with Gasteiger partial charge in [-0.2, -0.15) is 0 Å². The van der Waals surface area contributed by atoms with Crippen molar-refractivity contribution in [2.24, 2.45) is 0 Å². The fourth-order valence-corrected chi connectivity index (χ4v) is 3.59. The van der Waals surface area contributed by atoms with Gasteiger partial charge in [-0.15, -0.1) is 0 Å². The Bertz CT molecular complexity index is 739. The van der Waals surface area contributed by atoms with Gasteiger partial charge in [0.15, 0.2) is 0 Å². The van der Waals surface area contributed by atoms with Gasteiger partial charge < -0.3 is 5.32 Å². The highest BCUT2D eigenvalue weighted by atomic mass is 16.1. The van der Waals surface area contributed by atoms with Crippen molar-refractivity contribution in [1.82, 2.24) is 19.8 Å². The van der Waals surface area contributed by atoms with Crippen molar-refractivity contribution in [3.05, 3.63) is 40.4 Å². The van der Waals surface area contributed by atoms with E-state index in [0.717, 1.165) is 37.4 Å². The Morgan fingerprint density at radius 2 is 2.13 bits per heavy atom. The average Bonchev–Trinajstić information content (AvgIpc) is 2.56. The van der Waals surface area contributed by atoms with Crippen LogP contribution in [-0.4, -0.2) is 40.1 Å². The second kappa shape index (κ2) is 6.81. The van der Waals surface area contributed by atoms with Crippen LogP contribution < -0.4 is 10.9 Å². The lowest BCUT2D eigenvalue weighted by Gasteiger charge is -2.37. The van der Waals surface area contributed by atoms with Crippen LogP contribution in [0.5, 0.6) is 0 Å². The van der Waals surface area contributed by atoms with Gasteiger partial charge in [-0.05, 0) is 32.4 Å². The maximum Gasteiger partial charge on any atom is 0.261 e. The lowest BCUT2D eigenvalue weighted by Crippen LogP contribution is -2.51. The minimum absolute atomic E-state index is 0.0785. The molecule has 1 aliphatic heterocycles. The summed E-state index contributed by atoms with van der Waals surface area (Å²) in [5.41, 5.74) is 0.883. The van der Waals surface area contributed by atoms with Crippen molar-refractivity contribution in [2.45, 2.75) is 45.8 Å². The third kappa shape index (κ3) is 3.03. The fourth-order valence-electron chi connectivity index (χ4n) is 3.59. The molecule has 1 N–H and O–H groups in total. The minimum Gasteiger partial charge on any atom is -0.312 e. The minimum atomic E-state index is 0.0785. The molecule has 124 valence electrons. The van der Waals surface area contributed by atoms with E-state index in [9.17, 15) is 4.79 Å². The van der Waals surface area contributed by atoms with E-state index in [0.29, 0.717) is 18.0 Å². The highest BCUT2D eigenvalue weighted by molar-refractivity contribution is 5.77. The molecule has 1 aromatic heterocycles. The summed E-state index contributed by atoms with van der Waals surface area (Å²) in [5.74, 6) is 0.910. The van der Waals surface area contributed by atoms with Crippen molar-refractivity contribution in [2.75, 3.05) is 19.6 Å². The number of hydrogen-bond acceptors (Lipinski definition) is 4. The monoisotopic (exact) mass is 314 g/mol. The summed E-state index contributed by atoms with van der Waals surface area (Å²) in [4.78, 5) is 20.2. The van der Waals surface area contributed by atoms with Crippen LogP contribution in [0.3, 0.4) is 0 Å².